The zero-order valence-corrected chi connectivity index (χ0v) is 11.6. The molecule has 1 fully saturated rings. The van der Waals surface area contributed by atoms with Gasteiger partial charge < -0.3 is 15.5 Å². The van der Waals surface area contributed by atoms with Gasteiger partial charge in [0, 0.05) is 5.69 Å². The van der Waals surface area contributed by atoms with Crippen molar-refractivity contribution < 1.29 is 14.0 Å². The summed E-state index contributed by atoms with van der Waals surface area (Å²) in [5.41, 5.74) is 7.46. The Balaban J connectivity index is 1.81. The van der Waals surface area contributed by atoms with E-state index in [0.717, 1.165) is 11.3 Å². The quantitative estimate of drug-likeness (QED) is 0.657. The summed E-state index contributed by atoms with van der Waals surface area (Å²) in [4.78, 5) is 29.4. The minimum absolute atomic E-state index is 0.0272. The fourth-order valence-corrected chi connectivity index (χ4v) is 2.41. The summed E-state index contributed by atoms with van der Waals surface area (Å²) in [5, 5.41) is 2.67. The minimum atomic E-state index is -0.442. The Morgan fingerprint density at radius 1 is 1.43 bits per heavy atom. The van der Waals surface area contributed by atoms with Crippen LogP contribution in [0, 0.1) is 0 Å². The third kappa shape index (κ3) is 2.42. The highest BCUT2D eigenvalue weighted by Crippen LogP contribution is 2.21. The van der Waals surface area contributed by atoms with Gasteiger partial charge in [0.2, 0.25) is 5.89 Å². The number of nitrogens with one attached hydrogen (secondary N) is 1. The first kappa shape index (κ1) is 13.4. The molecule has 0 bridgehead atoms. The number of benzene rings is 1. The lowest BCUT2D eigenvalue weighted by Crippen LogP contribution is -2.31. The van der Waals surface area contributed by atoms with Crippen molar-refractivity contribution >= 4 is 28.7 Å². The van der Waals surface area contributed by atoms with E-state index in [0.29, 0.717) is 29.1 Å². The van der Waals surface area contributed by atoms with Crippen molar-refractivity contribution in [3.05, 3.63) is 24.1 Å². The number of imide groups is 1. The normalized spacial score (nSPS) is 18.5. The van der Waals surface area contributed by atoms with Crippen molar-refractivity contribution in [2.75, 3.05) is 5.73 Å². The number of aromatic nitrogens is 1. The first-order chi connectivity index (χ1) is 10.1. The molecule has 0 spiro atoms. The molecule has 0 aliphatic carbocycles. The van der Waals surface area contributed by atoms with E-state index in [-0.39, 0.29) is 12.5 Å². The fraction of sp³-hybridized carbons (Fsp3) is 0.357. The van der Waals surface area contributed by atoms with Gasteiger partial charge in [0.05, 0.1) is 0 Å². The second kappa shape index (κ2) is 5.08. The summed E-state index contributed by atoms with van der Waals surface area (Å²) in [5.74, 6) is 0.0832. The van der Waals surface area contributed by atoms with Gasteiger partial charge in [-0.25, -0.2) is 9.78 Å². The number of nitrogen functional groups attached to an aromatic ring is 1. The Morgan fingerprint density at radius 2 is 2.24 bits per heavy atom. The second-order valence-electron chi connectivity index (χ2n) is 5.05. The number of oxazole rings is 1. The zero-order chi connectivity index (χ0) is 15.0. The van der Waals surface area contributed by atoms with Gasteiger partial charge in [0.1, 0.15) is 18.1 Å². The van der Waals surface area contributed by atoms with Crippen LogP contribution in [0.2, 0.25) is 0 Å². The maximum absolute atomic E-state index is 12.1. The van der Waals surface area contributed by atoms with Crippen molar-refractivity contribution in [2.24, 2.45) is 0 Å². The molecule has 7 heteroatoms. The molecule has 2 aromatic rings. The summed E-state index contributed by atoms with van der Waals surface area (Å²) in [6.07, 6.45) is 1.46. The Kier molecular flexibility index (Phi) is 3.25. The van der Waals surface area contributed by atoms with Crippen LogP contribution in [0.25, 0.3) is 11.1 Å². The summed E-state index contributed by atoms with van der Waals surface area (Å²) in [6, 6.07) is 4.27. The Labute approximate surface area is 121 Å². The fourth-order valence-electron chi connectivity index (χ4n) is 2.41. The maximum Gasteiger partial charge on any atom is 0.325 e. The molecule has 1 aromatic heterocycles. The number of anilines is 1. The van der Waals surface area contributed by atoms with Gasteiger partial charge in [-0.05, 0) is 24.6 Å². The Hall–Kier alpha value is -2.57. The molecule has 7 nitrogen and oxygen atoms in total. The summed E-state index contributed by atoms with van der Waals surface area (Å²) >= 11 is 0. The van der Waals surface area contributed by atoms with Gasteiger partial charge in [-0.1, -0.05) is 13.3 Å². The zero-order valence-electron chi connectivity index (χ0n) is 11.6. The number of hydrogen-bond acceptors (Lipinski definition) is 5. The molecule has 0 radical (unpaired) electrons. The average Bonchev–Trinajstić information content (AvgIpc) is 2.95. The number of urea groups is 1. The third-order valence-corrected chi connectivity index (χ3v) is 3.43. The number of hydrogen-bond donors (Lipinski definition) is 2. The number of nitrogens with zero attached hydrogens (tertiary/aromatic N) is 2. The van der Waals surface area contributed by atoms with Crippen molar-refractivity contribution in [1.82, 2.24) is 15.2 Å². The van der Waals surface area contributed by atoms with Gasteiger partial charge in [0.15, 0.2) is 5.58 Å². The highest BCUT2D eigenvalue weighted by Gasteiger charge is 2.37. The molecule has 3 amide bonds. The lowest BCUT2D eigenvalue weighted by Gasteiger charge is -2.09. The van der Waals surface area contributed by atoms with E-state index in [9.17, 15) is 9.59 Å². The molecule has 3 rings (SSSR count). The van der Waals surface area contributed by atoms with E-state index in [4.69, 9.17) is 10.2 Å². The van der Waals surface area contributed by atoms with Crippen LogP contribution in [0.1, 0.15) is 25.7 Å². The van der Waals surface area contributed by atoms with Crippen LogP contribution in [0.3, 0.4) is 0 Å². The molecule has 1 unspecified atom stereocenters. The minimum Gasteiger partial charge on any atom is -0.439 e. The lowest BCUT2D eigenvalue weighted by atomic mass is 10.2. The molecule has 1 aliphatic rings. The molecule has 1 saturated heterocycles. The molecule has 1 aliphatic heterocycles. The number of rotatable bonds is 4. The highest BCUT2D eigenvalue weighted by molar-refractivity contribution is 6.04. The van der Waals surface area contributed by atoms with Crippen molar-refractivity contribution in [3.8, 4) is 0 Å². The largest absolute Gasteiger partial charge is 0.439 e. The Bertz CT molecular complexity index is 709. The molecule has 0 saturated carbocycles. The Morgan fingerprint density at radius 3 is 3.00 bits per heavy atom. The SMILES string of the molecule is CCCC1NC(=O)N(Cc2nc3cc(N)ccc3o2)C1=O. The van der Waals surface area contributed by atoms with Gasteiger partial charge >= 0.3 is 6.03 Å². The predicted molar refractivity (Wildman–Crippen MR) is 76.2 cm³/mol. The number of fused-ring (bicyclic) bond motifs is 1. The van der Waals surface area contributed by atoms with E-state index < -0.39 is 12.1 Å². The number of carbonyl (C=O) groups is 2. The van der Waals surface area contributed by atoms with Crippen LogP contribution in [0.5, 0.6) is 0 Å². The second-order valence-corrected chi connectivity index (χ2v) is 5.05. The smallest absolute Gasteiger partial charge is 0.325 e. The average molecular weight is 288 g/mol. The number of nitrogens with two attached hydrogens (primary N) is 1. The van der Waals surface area contributed by atoms with Crippen molar-refractivity contribution in [3.63, 3.8) is 0 Å². The molecule has 2 heterocycles. The molecular weight excluding hydrogens is 272 g/mol. The van der Waals surface area contributed by atoms with Gasteiger partial charge in [0.25, 0.3) is 5.91 Å². The molecule has 1 atom stereocenters. The standard InChI is InChI=1S/C14H16N4O3/c1-2-3-9-13(19)18(14(20)17-9)7-12-16-10-6-8(15)4-5-11(10)21-12/h4-6,9H,2-3,7,15H2,1H3,(H,17,20). The number of carbonyl (C=O) groups excluding carboxylic acids is 2. The number of amides is 3. The molecule has 110 valence electrons. The predicted octanol–water partition coefficient (Wildman–Crippen LogP) is 1.63. The molecule has 1 aromatic carbocycles. The van der Waals surface area contributed by atoms with Crippen molar-refractivity contribution in [2.45, 2.75) is 32.4 Å². The van der Waals surface area contributed by atoms with Crippen LogP contribution in [-0.4, -0.2) is 27.9 Å². The van der Waals surface area contributed by atoms with Gasteiger partial charge in [-0.3, -0.25) is 9.69 Å². The van der Waals surface area contributed by atoms with Crippen molar-refractivity contribution in [1.29, 1.82) is 0 Å². The van der Waals surface area contributed by atoms with Gasteiger partial charge in [-0.2, -0.15) is 0 Å². The molecule has 21 heavy (non-hydrogen) atoms. The van der Waals surface area contributed by atoms with Crippen LogP contribution in [0.15, 0.2) is 22.6 Å². The van der Waals surface area contributed by atoms with E-state index in [1.165, 1.54) is 0 Å². The van der Waals surface area contributed by atoms with E-state index >= 15 is 0 Å². The van der Waals surface area contributed by atoms with E-state index in [1.54, 1.807) is 18.2 Å². The first-order valence-electron chi connectivity index (χ1n) is 6.85. The first-order valence-corrected chi connectivity index (χ1v) is 6.85. The topological polar surface area (TPSA) is 101 Å². The monoisotopic (exact) mass is 288 g/mol. The van der Waals surface area contributed by atoms with Crippen LogP contribution in [-0.2, 0) is 11.3 Å². The summed E-state index contributed by atoms with van der Waals surface area (Å²) in [7, 11) is 0. The van der Waals surface area contributed by atoms with Gasteiger partial charge in [-0.15, -0.1) is 0 Å². The van der Waals surface area contributed by atoms with Crippen LogP contribution in [0.4, 0.5) is 10.5 Å². The summed E-state index contributed by atoms with van der Waals surface area (Å²) in [6.45, 7) is 1.99. The third-order valence-electron chi connectivity index (χ3n) is 3.43. The molecular formula is C14H16N4O3. The summed E-state index contributed by atoms with van der Waals surface area (Å²) < 4.78 is 5.54. The van der Waals surface area contributed by atoms with E-state index in [1.807, 2.05) is 6.92 Å². The lowest BCUT2D eigenvalue weighted by molar-refractivity contribution is -0.128. The maximum atomic E-state index is 12.1. The van der Waals surface area contributed by atoms with Crippen LogP contribution < -0.4 is 11.1 Å². The molecule has 3 N–H and O–H groups in total. The highest BCUT2D eigenvalue weighted by atomic mass is 16.3. The van der Waals surface area contributed by atoms with Crippen LogP contribution >= 0.6 is 0 Å². The van der Waals surface area contributed by atoms with E-state index in [2.05, 4.69) is 10.3 Å².